The molecule has 0 amide bonds. The monoisotopic (exact) mass is 334 g/mol. The maximum absolute atomic E-state index is 11.9. The van der Waals surface area contributed by atoms with E-state index in [1.807, 2.05) is 39.0 Å². The number of aromatic hydroxyl groups is 1. The second-order valence-corrected chi connectivity index (χ2v) is 7.15. The van der Waals surface area contributed by atoms with Crippen LogP contribution < -0.4 is 0 Å². The van der Waals surface area contributed by atoms with E-state index in [1.54, 1.807) is 6.07 Å². The number of hydrogen-bond donors (Lipinski definition) is 2. The van der Waals surface area contributed by atoms with Crippen molar-refractivity contribution in [3.8, 4) is 11.8 Å². The van der Waals surface area contributed by atoms with Gasteiger partial charge >= 0.3 is 0 Å². The summed E-state index contributed by atoms with van der Waals surface area (Å²) >= 11 is 0. The number of rotatable bonds is 3. The van der Waals surface area contributed by atoms with E-state index in [1.165, 1.54) is 0 Å². The van der Waals surface area contributed by atoms with Crippen LogP contribution in [-0.2, 0) is 11.8 Å². The number of benzene rings is 1. The Hall–Kier alpha value is -2.80. The minimum Gasteiger partial charge on any atom is -0.508 e. The number of aromatic nitrogens is 1. The number of carbonyl (C=O) groups excluding carboxylic acids is 1. The van der Waals surface area contributed by atoms with Crippen LogP contribution in [0.15, 0.2) is 23.8 Å². The lowest BCUT2D eigenvalue weighted by molar-refractivity contribution is 0.112. The highest BCUT2D eigenvalue weighted by Crippen LogP contribution is 2.41. The minimum atomic E-state index is -0.571. The van der Waals surface area contributed by atoms with E-state index >= 15 is 0 Å². The number of aromatic amines is 1. The van der Waals surface area contributed by atoms with E-state index in [-0.39, 0.29) is 5.75 Å². The molecular weight excluding hydrogens is 312 g/mol. The van der Waals surface area contributed by atoms with Crippen LogP contribution in [0.1, 0.15) is 65.1 Å². The first kappa shape index (κ1) is 17.0. The van der Waals surface area contributed by atoms with Crippen LogP contribution in [0.3, 0.4) is 0 Å². The summed E-state index contributed by atoms with van der Waals surface area (Å²) in [6.45, 7) is 5.96. The van der Waals surface area contributed by atoms with Crippen molar-refractivity contribution in [3.05, 3.63) is 57.4 Å². The lowest BCUT2D eigenvalue weighted by Crippen LogP contribution is -2.23. The zero-order valence-electron chi connectivity index (χ0n) is 14.8. The fourth-order valence-electron chi connectivity index (χ4n) is 3.97. The van der Waals surface area contributed by atoms with Crippen LogP contribution in [0, 0.1) is 18.3 Å². The number of H-pyrrole nitrogens is 1. The van der Waals surface area contributed by atoms with Gasteiger partial charge in [0.25, 0.3) is 0 Å². The third-order valence-electron chi connectivity index (χ3n) is 5.13. The molecule has 0 radical (unpaired) electrons. The molecule has 0 unspecified atom stereocenters. The number of nitrogens with one attached hydrogen (secondary N) is 1. The molecule has 0 saturated carbocycles. The van der Waals surface area contributed by atoms with Gasteiger partial charge in [0.15, 0.2) is 6.29 Å². The van der Waals surface area contributed by atoms with Crippen LogP contribution in [0.5, 0.6) is 5.75 Å². The predicted molar refractivity (Wildman–Crippen MR) is 97.7 cm³/mol. The van der Waals surface area contributed by atoms with Gasteiger partial charge in [0, 0.05) is 33.5 Å². The summed E-state index contributed by atoms with van der Waals surface area (Å²) in [5.41, 5.74) is 5.17. The van der Waals surface area contributed by atoms with Crippen molar-refractivity contribution in [3.63, 3.8) is 0 Å². The third kappa shape index (κ3) is 2.76. The number of hydrogen-bond acceptors (Lipinski definition) is 3. The quantitative estimate of drug-likeness (QED) is 0.816. The molecule has 0 spiro atoms. The second kappa shape index (κ2) is 6.25. The van der Waals surface area contributed by atoms with Gasteiger partial charge in [-0.15, -0.1) is 0 Å². The molecule has 0 fully saturated rings. The first-order chi connectivity index (χ1) is 11.9. The van der Waals surface area contributed by atoms with Crippen molar-refractivity contribution >= 4 is 12.4 Å². The summed E-state index contributed by atoms with van der Waals surface area (Å²) in [6, 6.07) is 7.68. The van der Waals surface area contributed by atoms with E-state index in [0.717, 1.165) is 59.2 Å². The van der Waals surface area contributed by atoms with Gasteiger partial charge in [0.1, 0.15) is 5.75 Å². The molecule has 1 aromatic carbocycles. The lowest BCUT2D eigenvalue weighted by atomic mass is 9.77. The van der Waals surface area contributed by atoms with Crippen LogP contribution in [0.4, 0.5) is 0 Å². The maximum Gasteiger partial charge on any atom is 0.152 e. The first-order valence-electron chi connectivity index (χ1n) is 8.50. The van der Waals surface area contributed by atoms with Crippen molar-refractivity contribution in [2.45, 2.75) is 45.4 Å². The zero-order valence-corrected chi connectivity index (χ0v) is 14.8. The molecule has 3 rings (SSSR count). The fraction of sp³-hybridized carbons (Fsp3) is 0.333. The van der Waals surface area contributed by atoms with Gasteiger partial charge in [-0.3, -0.25) is 4.79 Å². The highest BCUT2D eigenvalue weighted by atomic mass is 16.3. The van der Waals surface area contributed by atoms with E-state index < -0.39 is 5.41 Å². The topological polar surface area (TPSA) is 76.9 Å². The Morgan fingerprint density at radius 1 is 1.32 bits per heavy atom. The SMILES string of the molecule is Cc1cccc(O)c1C(C)(C)c1[nH]c2c(c1C=O)CCCC(C#N)=C2. The van der Waals surface area contributed by atoms with Gasteiger partial charge < -0.3 is 10.1 Å². The number of allylic oxidation sites excluding steroid dienone is 1. The van der Waals surface area contributed by atoms with Gasteiger partial charge in [-0.05, 0) is 49.5 Å². The van der Waals surface area contributed by atoms with Crippen molar-refractivity contribution < 1.29 is 9.90 Å². The summed E-state index contributed by atoms with van der Waals surface area (Å²) in [4.78, 5) is 15.3. The predicted octanol–water partition coefficient (Wildman–Crippen LogP) is 4.41. The zero-order chi connectivity index (χ0) is 18.2. The number of carbonyl (C=O) groups is 1. The standard InChI is InChI=1S/C21H22N2O2/c1-13-6-4-9-18(25)19(13)21(2,3)20-16(12-24)15-8-5-7-14(11-22)10-17(15)23-20/h4,6,9-10,12,23,25H,5,7-8H2,1-3H3. The number of fused-ring (bicyclic) bond motifs is 1. The molecule has 1 aliphatic carbocycles. The maximum atomic E-state index is 11.9. The van der Waals surface area contributed by atoms with E-state index in [9.17, 15) is 15.2 Å². The molecule has 4 nitrogen and oxygen atoms in total. The van der Waals surface area contributed by atoms with Gasteiger partial charge in [0.05, 0.1) is 6.07 Å². The van der Waals surface area contributed by atoms with Crippen LogP contribution in [0.2, 0.25) is 0 Å². The number of phenolic OH excluding ortho intramolecular Hbond substituents is 1. The summed E-state index contributed by atoms with van der Waals surface area (Å²) in [6.07, 6.45) is 5.09. The number of aryl methyl sites for hydroxylation is 1. The smallest absolute Gasteiger partial charge is 0.152 e. The Balaban J connectivity index is 2.24. The van der Waals surface area contributed by atoms with E-state index in [4.69, 9.17) is 0 Å². The molecule has 1 heterocycles. The van der Waals surface area contributed by atoms with Crippen molar-refractivity contribution in [2.24, 2.45) is 0 Å². The second-order valence-electron chi connectivity index (χ2n) is 7.15. The van der Waals surface area contributed by atoms with Gasteiger partial charge in [-0.25, -0.2) is 0 Å². The Bertz CT molecular complexity index is 890. The molecule has 0 aliphatic heterocycles. The largest absolute Gasteiger partial charge is 0.508 e. The summed E-state index contributed by atoms with van der Waals surface area (Å²) in [7, 11) is 0. The number of nitriles is 1. The number of aldehydes is 1. The van der Waals surface area contributed by atoms with Crippen LogP contribution >= 0.6 is 0 Å². The average Bonchev–Trinajstić information content (AvgIpc) is 2.79. The highest BCUT2D eigenvalue weighted by Gasteiger charge is 2.33. The first-order valence-corrected chi connectivity index (χ1v) is 8.50. The summed E-state index contributed by atoms with van der Waals surface area (Å²) < 4.78 is 0. The van der Waals surface area contributed by atoms with Crippen molar-refractivity contribution in [2.75, 3.05) is 0 Å². The summed E-state index contributed by atoms with van der Waals surface area (Å²) in [5, 5.41) is 19.7. The normalized spacial score (nSPS) is 14.2. The Kier molecular flexibility index (Phi) is 4.26. The molecule has 2 N–H and O–H groups in total. The molecule has 128 valence electrons. The number of nitrogens with zero attached hydrogens (tertiary/aromatic N) is 1. The third-order valence-corrected chi connectivity index (χ3v) is 5.13. The molecule has 0 saturated heterocycles. The van der Waals surface area contributed by atoms with E-state index in [2.05, 4.69) is 11.1 Å². The van der Waals surface area contributed by atoms with Crippen LogP contribution in [-0.4, -0.2) is 16.4 Å². The molecule has 0 atom stereocenters. The summed E-state index contributed by atoms with van der Waals surface area (Å²) in [5.74, 6) is 0.222. The van der Waals surface area contributed by atoms with Crippen molar-refractivity contribution in [1.82, 2.24) is 4.98 Å². The van der Waals surface area contributed by atoms with Crippen molar-refractivity contribution in [1.29, 1.82) is 5.26 Å². The number of phenols is 1. The Morgan fingerprint density at radius 3 is 2.72 bits per heavy atom. The molecule has 0 bridgehead atoms. The Morgan fingerprint density at radius 2 is 2.08 bits per heavy atom. The van der Waals surface area contributed by atoms with Gasteiger partial charge in [0.2, 0.25) is 0 Å². The van der Waals surface area contributed by atoms with E-state index in [0.29, 0.717) is 5.56 Å². The van der Waals surface area contributed by atoms with Gasteiger partial charge in [-0.1, -0.05) is 26.0 Å². The molecule has 25 heavy (non-hydrogen) atoms. The molecular formula is C21H22N2O2. The average molecular weight is 334 g/mol. The molecule has 4 heteroatoms. The van der Waals surface area contributed by atoms with Crippen LogP contribution in [0.25, 0.3) is 6.08 Å². The minimum absolute atomic E-state index is 0.222. The molecule has 1 aliphatic rings. The highest BCUT2D eigenvalue weighted by molar-refractivity contribution is 5.83. The Labute approximate surface area is 147 Å². The molecule has 1 aromatic heterocycles. The van der Waals surface area contributed by atoms with Gasteiger partial charge in [-0.2, -0.15) is 5.26 Å². The fourth-order valence-corrected chi connectivity index (χ4v) is 3.97. The molecule has 2 aromatic rings. The lowest BCUT2D eigenvalue weighted by Gasteiger charge is -2.28.